The molecule has 0 unspecified atom stereocenters. The summed E-state index contributed by atoms with van der Waals surface area (Å²) >= 11 is 0. The maximum Gasteiger partial charge on any atom is 0.167 e. The van der Waals surface area contributed by atoms with Crippen LogP contribution in [0.1, 0.15) is 52.4 Å². The van der Waals surface area contributed by atoms with Crippen molar-refractivity contribution in [1.82, 2.24) is 0 Å². The fraction of sp³-hybridized carbons (Fsp3) is 0.923. The lowest BCUT2D eigenvalue weighted by Gasteiger charge is -2.41. The Morgan fingerprint density at radius 1 is 1.13 bits per heavy atom. The number of methoxy groups -OCH3 is 1. The van der Waals surface area contributed by atoms with Gasteiger partial charge in [-0.25, -0.2) is 0 Å². The molecular weight excluding hydrogens is 188 g/mol. The van der Waals surface area contributed by atoms with Crippen LogP contribution in [0.4, 0.5) is 0 Å². The van der Waals surface area contributed by atoms with Gasteiger partial charge >= 0.3 is 0 Å². The first kappa shape index (κ1) is 11.1. The van der Waals surface area contributed by atoms with Gasteiger partial charge in [-0.05, 0) is 43.9 Å². The second kappa shape index (κ2) is 3.58. The smallest absolute Gasteiger partial charge is 0.167 e. The summed E-state index contributed by atoms with van der Waals surface area (Å²) in [6, 6.07) is 0. The molecule has 15 heavy (non-hydrogen) atoms. The molecule has 0 aliphatic heterocycles. The number of carbonyl (C=O) groups is 1. The highest BCUT2D eigenvalue weighted by Gasteiger charge is 2.48. The van der Waals surface area contributed by atoms with Crippen molar-refractivity contribution in [3.63, 3.8) is 0 Å². The highest BCUT2D eigenvalue weighted by molar-refractivity contribution is 5.91. The molecule has 0 heterocycles. The molecular formula is C13H22O2. The van der Waals surface area contributed by atoms with Crippen molar-refractivity contribution < 1.29 is 9.53 Å². The molecule has 0 amide bonds. The predicted octanol–water partition coefficient (Wildman–Crippen LogP) is 2.95. The molecule has 2 fully saturated rings. The van der Waals surface area contributed by atoms with Gasteiger partial charge in [-0.2, -0.15) is 0 Å². The lowest BCUT2D eigenvalue weighted by Crippen LogP contribution is -2.46. The topological polar surface area (TPSA) is 26.3 Å². The van der Waals surface area contributed by atoms with Gasteiger partial charge in [0.25, 0.3) is 0 Å². The average molecular weight is 210 g/mol. The van der Waals surface area contributed by atoms with E-state index in [-0.39, 0.29) is 0 Å². The summed E-state index contributed by atoms with van der Waals surface area (Å²) in [5.41, 5.74) is -0.0253. The Labute approximate surface area is 92.4 Å². The van der Waals surface area contributed by atoms with Gasteiger partial charge in [0.15, 0.2) is 5.78 Å². The van der Waals surface area contributed by atoms with Gasteiger partial charge in [0.05, 0.1) is 0 Å². The summed E-state index contributed by atoms with van der Waals surface area (Å²) in [7, 11) is 1.71. The van der Waals surface area contributed by atoms with E-state index in [4.69, 9.17) is 4.74 Å². The second-order valence-corrected chi connectivity index (χ2v) is 6.00. The third kappa shape index (κ3) is 2.10. The van der Waals surface area contributed by atoms with Crippen molar-refractivity contribution in [2.24, 2.45) is 11.3 Å². The zero-order valence-corrected chi connectivity index (χ0v) is 10.1. The number of ether oxygens (including phenoxy) is 1. The summed E-state index contributed by atoms with van der Waals surface area (Å²) < 4.78 is 5.59. The Bertz CT molecular complexity index is 254. The maximum absolute atomic E-state index is 12.2. The van der Waals surface area contributed by atoms with Crippen LogP contribution in [0.15, 0.2) is 0 Å². The first-order valence-corrected chi connectivity index (χ1v) is 6.09. The molecule has 0 N–H and O–H groups in total. The number of rotatable bonds is 3. The molecule has 2 heteroatoms. The SMILES string of the molecule is COC1(C(=O)C2CC2)CCC(C)(C)CC1. The van der Waals surface area contributed by atoms with E-state index in [1.807, 2.05) is 0 Å². The Kier molecular flexibility index (Phi) is 2.66. The molecule has 2 aliphatic rings. The van der Waals surface area contributed by atoms with Gasteiger partial charge in [0, 0.05) is 13.0 Å². The van der Waals surface area contributed by atoms with Gasteiger partial charge < -0.3 is 4.74 Å². The molecule has 0 aromatic rings. The number of hydrogen-bond acceptors (Lipinski definition) is 2. The van der Waals surface area contributed by atoms with E-state index in [1.165, 1.54) is 0 Å². The third-order valence-corrected chi connectivity index (χ3v) is 4.20. The number of carbonyl (C=O) groups excluding carboxylic acids is 1. The molecule has 2 rings (SSSR count). The van der Waals surface area contributed by atoms with Crippen molar-refractivity contribution in [1.29, 1.82) is 0 Å². The third-order valence-electron chi connectivity index (χ3n) is 4.20. The lowest BCUT2D eigenvalue weighted by atomic mass is 9.69. The Balaban J connectivity index is 2.06. The van der Waals surface area contributed by atoms with Crippen LogP contribution in [0.25, 0.3) is 0 Å². The minimum absolute atomic E-state index is 0.325. The summed E-state index contributed by atoms with van der Waals surface area (Å²) in [6.07, 6.45) is 6.25. The standard InChI is InChI=1S/C13H22O2/c1-12(2)6-8-13(15-3,9-7-12)11(14)10-4-5-10/h10H,4-9H2,1-3H3. The molecule has 0 atom stereocenters. The van der Waals surface area contributed by atoms with Crippen LogP contribution in [0.5, 0.6) is 0 Å². The van der Waals surface area contributed by atoms with E-state index in [2.05, 4.69) is 13.8 Å². The van der Waals surface area contributed by atoms with Crippen molar-refractivity contribution in [2.75, 3.05) is 7.11 Å². The molecule has 0 bridgehead atoms. The van der Waals surface area contributed by atoms with Crippen LogP contribution >= 0.6 is 0 Å². The molecule has 0 radical (unpaired) electrons. The van der Waals surface area contributed by atoms with Crippen LogP contribution in [-0.2, 0) is 9.53 Å². The summed E-state index contributed by atoms with van der Waals surface area (Å²) in [5, 5.41) is 0. The van der Waals surface area contributed by atoms with Crippen LogP contribution in [0.3, 0.4) is 0 Å². The normalized spacial score (nSPS) is 28.7. The summed E-state index contributed by atoms with van der Waals surface area (Å²) in [4.78, 5) is 12.2. The maximum atomic E-state index is 12.2. The fourth-order valence-electron chi connectivity index (χ4n) is 2.60. The van der Waals surface area contributed by atoms with Crippen LogP contribution in [-0.4, -0.2) is 18.5 Å². The van der Waals surface area contributed by atoms with E-state index in [1.54, 1.807) is 7.11 Å². The monoisotopic (exact) mass is 210 g/mol. The summed E-state index contributed by atoms with van der Waals surface area (Å²) in [6.45, 7) is 4.57. The highest BCUT2D eigenvalue weighted by atomic mass is 16.5. The highest BCUT2D eigenvalue weighted by Crippen LogP contribution is 2.46. The molecule has 2 saturated carbocycles. The van der Waals surface area contributed by atoms with Crippen LogP contribution in [0, 0.1) is 11.3 Å². The van der Waals surface area contributed by atoms with Crippen molar-refractivity contribution >= 4 is 5.78 Å². The van der Waals surface area contributed by atoms with Crippen molar-refractivity contribution in [3.05, 3.63) is 0 Å². The van der Waals surface area contributed by atoms with E-state index in [9.17, 15) is 4.79 Å². The minimum atomic E-state index is -0.420. The van der Waals surface area contributed by atoms with E-state index >= 15 is 0 Å². The number of Topliss-reactive ketones (excluding diaryl/α,β-unsaturated/α-hetero) is 1. The lowest BCUT2D eigenvalue weighted by molar-refractivity contribution is -0.149. The first-order chi connectivity index (χ1) is 6.99. The Hall–Kier alpha value is -0.370. The number of ketones is 1. The largest absolute Gasteiger partial charge is 0.370 e. The average Bonchev–Trinajstić information content (AvgIpc) is 3.01. The van der Waals surface area contributed by atoms with E-state index in [0.29, 0.717) is 17.1 Å². The fourth-order valence-corrected chi connectivity index (χ4v) is 2.60. The van der Waals surface area contributed by atoms with E-state index < -0.39 is 5.60 Å². The predicted molar refractivity (Wildman–Crippen MR) is 59.7 cm³/mol. The quantitative estimate of drug-likeness (QED) is 0.716. The van der Waals surface area contributed by atoms with Crippen LogP contribution in [0.2, 0.25) is 0 Å². The van der Waals surface area contributed by atoms with Crippen molar-refractivity contribution in [3.8, 4) is 0 Å². The number of hydrogen-bond donors (Lipinski definition) is 0. The van der Waals surface area contributed by atoms with Gasteiger partial charge in [-0.1, -0.05) is 13.8 Å². The molecule has 2 nitrogen and oxygen atoms in total. The first-order valence-electron chi connectivity index (χ1n) is 6.09. The van der Waals surface area contributed by atoms with E-state index in [0.717, 1.165) is 38.5 Å². The Morgan fingerprint density at radius 3 is 2.07 bits per heavy atom. The zero-order valence-electron chi connectivity index (χ0n) is 10.1. The molecule has 0 aromatic carbocycles. The minimum Gasteiger partial charge on any atom is -0.370 e. The van der Waals surface area contributed by atoms with Crippen LogP contribution < -0.4 is 0 Å². The zero-order chi connectivity index (χ0) is 11.1. The molecule has 0 aromatic heterocycles. The van der Waals surface area contributed by atoms with Gasteiger partial charge in [-0.3, -0.25) is 4.79 Å². The summed E-state index contributed by atoms with van der Waals surface area (Å²) in [5.74, 6) is 0.715. The second-order valence-electron chi connectivity index (χ2n) is 6.00. The van der Waals surface area contributed by atoms with Gasteiger partial charge in [0.1, 0.15) is 5.60 Å². The van der Waals surface area contributed by atoms with Gasteiger partial charge in [0.2, 0.25) is 0 Å². The molecule has 0 spiro atoms. The van der Waals surface area contributed by atoms with Gasteiger partial charge in [-0.15, -0.1) is 0 Å². The molecule has 86 valence electrons. The Morgan fingerprint density at radius 2 is 1.67 bits per heavy atom. The molecule has 0 saturated heterocycles. The van der Waals surface area contributed by atoms with Crippen molar-refractivity contribution in [2.45, 2.75) is 58.0 Å². The molecule has 2 aliphatic carbocycles.